The number of hydrogen-bond acceptors (Lipinski definition) is 1. The van der Waals surface area contributed by atoms with Gasteiger partial charge in [-0.1, -0.05) is 85.8 Å². The highest BCUT2D eigenvalue weighted by Crippen LogP contribution is 2.45. The summed E-state index contributed by atoms with van der Waals surface area (Å²) in [7, 11) is 0. The Morgan fingerprint density at radius 1 is 0.917 bits per heavy atom. The first-order valence-electron chi connectivity index (χ1n) is 8.54. The second kappa shape index (κ2) is 6.12. The zero-order valence-electron chi connectivity index (χ0n) is 13.8. The number of carbonyl (C=O) groups excluding carboxylic acids is 1. The zero-order chi connectivity index (χ0) is 16.5. The molecule has 1 aliphatic carbocycles. The summed E-state index contributed by atoms with van der Waals surface area (Å²) in [6.07, 6.45) is 6.57. The maximum Gasteiger partial charge on any atom is 0.251 e. The highest BCUT2D eigenvalue weighted by atomic mass is 16.2. The van der Waals surface area contributed by atoms with Gasteiger partial charge in [-0.05, 0) is 17.0 Å². The summed E-state index contributed by atoms with van der Waals surface area (Å²) in [6.45, 7) is 2.78. The van der Waals surface area contributed by atoms with Crippen LogP contribution in [-0.2, 0) is 11.3 Å². The first-order valence-corrected chi connectivity index (χ1v) is 8.54. The minimum Gasteiger partial charge on any atom is -0.327 e. The van der Waals surface area contributed by atoms with Crippen molar-refractivity contribution in [3.05, 3.63) is 95.6 Å². The monoisotopic (exact) mass is 315 g/mol. The molecule has 0 saturated carbocycles. The molecule has 0 unspecified atom stereocenters. The molecule has 0 aromatic heterocycles. The molecule has 3 atom stereocenters. The van der Waals surface area contributed by atoms with E-state index in [1.807, 2.05) is 29.2 Å². The van der Waals surface area contributed by atoms with Gasteiger partial charge in [-0.15, -0.1) is 0 Å². The third kappa shape index (κ3) is 2.58. The lowest BCUT2D eigenvalue weighted by Gasteiger charge is -2.28. The predicted octanol–water partition coefficient (Wildman–Crippen LogP) is 4.52. The van der Waals surface area contributed by atoms with Gasteiger partial charge in [-0.2, -0.15) is 0 Å². The van der Waals surface area contributed by atoms with Crippen LogP contribution < -0.4 is 0 Å². The van der Waals surface area contributed by atoms with E-state index >= 15 is 0 Å². The van der Waals surface area contributed by atoms with Crippen LogP contribution in [0.2, 0.25) is 0 Å². The van der Waals surface area contributed by atoms with Gasteiger partial charge in [-0.25, -0.2) is 0 Å². The number of benzene rings is 2. The summed E-state index contributed by atoms with van der Waals surface area (Å²) in [5.41, 5.74) is 3.33. The van der Waals surface area contributed by atoms with Crippen molar-refractivity contribution in [2.75, 3.05) is 0 Å². The van der Waals surface area contributed by atoms with Crippen LogP contribution in [0.1, 0.15) is 24.1 Å². The van der Waals surface area contributed by atoms with Gasteiger partial charge in [-0.3, -0.25) is 4.79 Å². The summed E-state index contributed by atoms with van der Waals surface area (Å²) < 4.78 is 0. The summed E-state index contributed by atoms with van der Waals surface area (Å²) >= 11 is 0. The Labute approximate surface area is 143 Å². The van der Waals surface area contributed by atoms with Gasteiger partial charge in [0.1, 0.15) is 0 Å². The molecule has 0 bridgehead atoms. The molecule has 4 rings (SSSR count). The average molecular weight is 315 g/mol. The van der Waals surface area contributed by atoms with Crippen LogP contribution in [0, 0.1) is 11.8 Å². The maximum absolute atomic E-state index is 13.1. The fraction of sp³-hybridized carbons (Fsp3) is 0.227. The van der Waals surface area contributed by atoms with Crippen LogP contribution in [0.15, 0.2) is 84.5 Å². The molecule has 2 aromatic rings. The molecule has 0 N–H and O–H groups in total. The SMILES string of the molecule is C[C@@H]1C=C[C@@H]2C(=C1)C(=O)N(Cc1ccccc1)[C@H]2c1ccccc1. The summed E-state index contributed by atoms with van der Waals surface area (Å²) in [4.78, 5) is 15.1. The number of fused-ring (bicyclic) bond motifs is 1. The molecule has 1 aliphatic heterocycles. The number of allylic oxidation sites excluding steroid dienone is 2. The van der Waals surface area contributed by atoms with Gasteiger partial charge in [0.25, 0.3) is 5.91 Å². The van der Waals surface area contributed by atoms with E-state index in [0.29, 0.717) is 12.5 Å². The van der Waals surface area contributed by atoms with Gasteiger partial charge in [0.15, 0.2) is 0 Å². The molecule has 1 heterocycles. The van der Waals surface area contributed by atoms with E-state index in [-0.39, 0.29) is 17.9 Å². The maximum atomic E-state index is 13.1. The first-order chi connectivity index (χ1) is 11.7. The quantitative estimate of drug-likeness (QED) is 0.763. The Kier molecular flexibility index (Phi) is 3.81. The standard InChI is InChI=1S/C22H21NO/c1-16-12-13-19-20(14-16)22(24)23(15-17-8-4-2-5-9-17)21(19)18-10-6-3-7-11-18/h2-14,16,19,21H,15H2,1H3/t16-,19-,21+/m1/s1. The van der Waals surface area contributed by atoms with Crippen molar-refractivity contribution in [3.63, 3.8) is 0 Å². The molecule has 2 nitrogen and oxygen atoms in total. The van der Waals surface area contributed by atoms with Crippen molar-refractivity contribution in [1.29, 1.82) is 0 Å². The number of carbonyl (C=O) groups is 1. The molecule has 1 amide bonds. The van der Waals surface area contributed by atoms with Crippen molar-refractivity contribution in [3.8, 4) is 0 Å². The topological polar surface area (TPSA) is 20.3 Å². The predicted molar refractivity (Wildman–Crippen MR) is 96.1 cm³/mol. The van der Waals surface area contributed by atoms with Crippen LogP contribution in [0.4, 0.5) is 0 Å². The van der Waals surface area contributed by atoms with Crippen molar-refractivity contribution in [2.45, 2.75) is 19.5 Å². The molecule has 0 radical (unpaired) electrons. The van der Waals surface area contributed by atoms with E-state index in [0.717, 1.165) is 5.57 Å². The van der Waals surface area contributed by atoms with E-state index in [1.165, 1.54) is 11.1 Å². The highest BCUT2D eigenvalue weighted by Gasteiger charge is 2.44. The molecule has 1 fully saturated rings. The fourth-order valence-electron chi connectivity index (χ4n) is 3.81. The summed E-state index contributed by atoms with van der Waals surface area (Å²) in [5.74, 6) is 0.655. The molecule has 120 valence electrons. The van der Waals surface area contributed by atoms with E-state index in [2.05, 4.69) is 61.5 Å². The fourth-order valence-corrected chi connectivity index (χ4v) is 3.81. The van der Waals surface area contributed by atoms with Gasteiger partial charge in [0, 0.05) is 18.0 Å². The minimum atomic E-state index is 0.0777. The lowest BCUT2D eigenvalue weighted by Crippen LogP contribution is -2.28. The Bertz CT molecular complexity index is 791. The highest BCUT2D eigenvalue weighted by molar-refractivity contribution is 5.98. The van der Waals surface area contributed by atoms with Gasteiger partial charge in [0.2, 0.25) is 0 Å². The lowest BCUT2D eigenvalue weighted by atomic mass is 9.85. The molecule has 2 aromatic carbocycles. The Morgan fingerprint density at radius 3 is 2.29 bits per heavy atom. The molecular weight excluding hydrogens is 294 g/mol. The Balaban J connectivity index is 1.76. The van der Waals surface area contributed by atoms with Gasteiger partial charge in [0.05, 0.1) is 6.04 Å². The number of nitrogens with zero attached hydrogens (tertiary/aromatic N) is 1. The normalized spacial score (nSPS) is 25.5. The Morgan fingerprint density at radius 2 is 1.58 bits per heavy atom. The van der Waals surface area contributed by atoms with Crippen LogP contribution >= 0.6 is 0 Å². The van der Waals surface area contributed by atoms with E-state index in [1.54, 1.807) is 0 Å². The van der Waals surface area contributed by atoms with E-state index in [4.69, 9.17) is 0 Å². The largest absolute Gasteiger partial charge is 0.327 e. The lowest BCUT2D eigenvalue weighted by molar-refractivity contribution is -0.127. The minimum absolute atomic E-state index is 0.0777. The number of amides is 1. The molecule has 1 saturated heterocycles. The van der Waals surface area contributed by atoms with Crippen molar-refractivity contribution in [1.82, 2.24) is 4.90 Å². The third-order valence-electron chi connectivity index (χ3n) is 4.94. The Hall–Kier alpha value is -2.61. The van der Waals surface area contributed by atoms with Crippen molar-refractivity contribution >= 4 is 5.91 Å². The summed E-state index contributed by atoms with van der Waals surface area (Å²) in [6, 6.07) is 20.7. The molecule has 24 heavy (non-hydrogen) atoms. The van der Waals surface area contributed by atoms with Gasteiger partial charge < -0.3 is 4.90 Å². The number of hydrogen-bond donors (Lipinski definition) is 0. The van der Waals surface area contributed by atoms with Crippen molar-refractivity contribution in [2.24, 2.45) is 11.8 Å². The van der Waals surface area contributed by atoms with E-state index in [9.17, 15) is 4.79 Å². The second-order valence-corrected chi connectivity index (χ2v) is 6.67. The summed E-state index contributed by atoms with van der Waals surface area (Å²) in [5, 5.41) is 0. The number of rotatable bonds is 3. The smallest absolute Gasteiger partial charge is 0.251 e. The molecule has 2 heteroatoms. The molecule has 0 spiro atoms. The van der Waals surface area contributed by atoms with Crippen LogP contribution in [0.3, 0.4) is 0 Å². The molecular formula is C22H21NO. The zero-order valence-corrected chi connectivity index (χ0v) is 13.8. The van der Waals surface area contributed by atoms with Crippen LogP contribution in [-0.4, -0.2) is 10.8 Å². The second-order valence-electron chi connectivity index (χ2n) is 6.67. The van der Waals surface area contributed by atoms with Gasteiger partial charge >= 0.3 is 0 Å². The van der Waals surface area contributed by atoms with Crippen LogP contribution in [0.25, 0.3) is 0 Å². The number of likely N-dealkylation sites (tertiary alicyclic amines) is 1. The van der Waals surface area contributed by atoms with Crippen LogP contribution in [0.5, 0.6) is 0 Å². The van der Waals surface area contributed by atoms with E-state index < -0.39 is 0 Å². The first kappa shape index (κ1) is 14.9. The van der Waals surface area contributed by atoms with Crippen molar-refractivity contribution < 1.29 is 4.79 Å². The average Bonchev–Trinajstić information content (AvgIpc) is 2.89. The third-order valence-corrected chi connectivity index (χ3v) is 4.94. The molecule has 2 aliphatic rings.